The van der Waals surface area contributed by atoms with Crippen molar-refractivity contribution in [2.75, 3.05) is 41.1 Å². The molecule has 0 saturated carbocycles. The van der Waals surface area contributed by atoms with Crippen molar-refractivity contribution in [3.63, 3.8) is 0 Å². The molecule has 8 heteroatoms. The number of ether oxygens (including phenoxy) is 1. The highest BCUT2D eigenvalue weighted by Gasteiger charge is 2.15. The molecule has 0 aliphatic carbocycles. The molecule has 0 spiro atoms. The van der Waals surface area contributed by atoms with Gasteiger partial charge in [0, 0.05) is 26.4 Å². The third-order valence-electron chi connectivity index (χ3n) is 4.91. The van der Waals surface area contributed by atoms with Crippen LogP contribution in [0.2, 0.25) is 0 Å². The first-order chi connectivity index (χ1) is 14.2. The maximum Gasteiger partial charge on any atom is 0.191 e. The molecule has 0 heterocycles. The van der Waals surface area contributed by atoms with E-state index in [4.69, 9.17) is 4.74 Å². The first kappa shape index (κ1) is 23.7. The van der Waals surface area contributed by atoms with Crippen LogP contribution in [0.4, 0.5) is 0 Å². The second-order valence-corrected chi connectivity index (χ2v) is 9.42. The van der Waals surface area contributed by atoms with Gasteiger partial charge < -0.3 is 20.3 Å². The molecule has 2 rings (SSSR count). The Balaban J connectivity index is 2.00. The van der Waals surface area contributed by atoms with E-state index in [2.05, 4.69) is 32.7 Å². The van der Waals surface area contributed by atoms with Gasteiger partial charge in [0.2, 0.25) is 0 Å². The molecule has 0 aliphatic rings. The molecule has 0 bridgehead atoms. The summed E-state index contributed by atoms with van der Waals surface area (Å²) in [5.41, 5.74) is 2.91. The molecule has 2 aromatic rings. The number of methoxy groups -OCH3 is 1. The predicted octanol–water partition coefficient (Wildman–Crippen LogP) is 2.38. The Morgan fingerprint density at radius 2 is 1.80 bits per heavy atom. The summed E-state index contributed by atoms with van der Waals surface area (Å²) in [7, 11) is 4.25. The number of guanidine groups is 1. The van der Waals surface area contributed by atoms with Crippen LogP contribution in [0.25, 0.3) is 0 Å². The summed E-state index contributed by atoms with van der Waals surface area (Å²) in [4.78, 5) is 6.81. The van der Waals surface area contributed by atoms with Gasteiger partial charge in [0.05, 0.1) is 18.0 Å². The lowest BCUT2D eigenvalue weighted by atomic mass is 10.1. The molecule has 0 saturated heterocycles. The zero-order valence-electron chi connectivity index (χ0n) is 18.6. The van der Waals surface area contributed by atoms with Crippen molar-refractivity contribution >= 4 is 15.8 Å². The largest absolute Gasteiger partial charge is 0.497 e. The number of nitrogens with zero attached hydrogens (tertiary/aromatic N) is 2. The van der Waals surface area contributed by atoms with Gasteiger partial charge in [-0.1, -0.05) is 24.3 Å². The van der Waals surface area contributed by atoms with Crippen LogP contribution in [0, 0.1) is 6.92 Å². The molecule has 7 nitrogen and oxygen atoms in total. The van der Waals surface area contributed by atoms with Crippen molar-refractivity contribution in [1.82, 2.24) is 15.5 Å². The average Bonchev–Trinajstić information content (AvgIpc) is 2.69. The normalized spacial score (nSPS) is 13.2. The number of hydrogen-bond donors (Lipinski definition) is 2. The third kappa shape index (κ3) is 6.47. The van der Waals surface area contributed by atoms with Gasteiger partial charge in [-0.2, -0.15) is 0 Å². The zero-order valence-corrected chi connectivity index (χ0v) is 19.4. The fraction of sp³-hybridized carbons (Fsp3) is 0.409. The summed E-state index contributed by atoms with van der Waals surface area (Å²) >= 11 is 0. The minimum atomic E-state index is -3.21. The van der Waals surface area contributed by atoms with E-state index in [-0.39, 0.29) is 6.04 Å². The molecular formula is C22H32N4O3S. The maximum absolute atomic E-state index is 11.8. The standard InChI is InChI=1S/C22H32N4O3S/c1-16-13-17(7-12-21(16)30(6,27)28)14-24-22(23-2)25-15-20(26(3)4)18-8-10-19(29-5)11-9-18/h7-13,20H,14-15H2,1-6H3,(H2,23,24,25). The molecule has 1 atom stereocenters. The van der Waals surface area contributed by atoms with Crippen molar-refractivity contribution in [2.24, 2.45) is 4.99 Å². The third-order valence-corrected chi connectivity index (χ3v) is 6.17. The zero-order chi connectivity index (χ0) is 22.3. The molecule has 0 radical (unpaired) electrons. The summed E-state index contributed by atoms with van der Waals surface area (Å²) in [6, 6.07) is 13.6. The summed E-state index contributed by atoms with van der Waals surface area (Å²) in [6.45, 7) is 3.02. The summed E-state index contributed by atoms with van der Waals surface area (Å²) in [6.07, 6.45) is 1.23. The SMILES string of the molecule is CN=C(NCc1ccc(S(C)(=O)=O)c(C)c1)NCC(c1ccc(OC)cc1)N(C)C. The number of hydrogen-bond acceptors (Lipinski definition) is 5. The monoisotopic (exact) mass is 432 g/mol. The molecular weight excluding hydrogens is 400 g/mol. The van der Waals surface area contributed by atoms with Crippen molar-refractivity contribution in [3.05, 3.63) is 59.2 Å². The molecule has 1 unspecified atom stereocenters. The highest BCUT2D eigenvalue weighted by atomic mass is 32.2. The van der Waals surface area contributed by atoms with E-state index in [1.807, 2.05) is 45.3 Å². The average molecular weight is 433 g/mol. The molecule has 0 fully saturated rings. The van der Waals surface area contributed by atoms with Gasteiger partial charge in [-0.05, 0) is 55.9 Å². The van der Waals surface area contributed by atoms with E-state index < -0.39 is 9.84 Å². The quantitative estimate of drug-likeness (QED) is 0.492. The van der Waals surface area contributed by atoms with Crippen LogP contribution in [-0.2, 0) is 16.4 Å². The van der Waals surface area contributed by atoms with Gasteiger partial charge in [0.15, 0.2) is 15.8 Å². The van der Waals surface area contributed by atoms with Crippen LogP contribution in [0.1, 0.15) is 22.7 Å². The Labute approximate surface area is 180 Å². The van der Waals surface area contributed by atoms with E-state index in [1.165, 1.54) is 11.8 Å². The van der Waals surface area contributed by atoms with Crippen LogP contribution in [-0.4, -0.2) is 60.3 Å². The summed E-state index contributed by atoms with van der Waals surface area (Å²) < 4.78 is 28.8. The molecule has 30 heavy (non-hydrogen) atoms. The number of rotatable bonds is 8. The van der Waals surface area contributed by atoms with Crippen molar-refractivity contribution in [1.29, 1.82) is 0 Å². The van der Waals surface area contributed by atoms with E-state index >= 15 is 0 Å². The molecule has 0 aliphatic heterocycles. The lowest BCUT2D eigenvalue weighted by molar-refractivity contribution is 0.298. The fourth-order valence-corrected chi connectivity index (χ4v) is 4.22. The highest BCUT2D eigenvalue weighted by Crippen LogP contribution is 2.21. The van der Waals surface area contributed by atoms with E-state index in [0.29, 0.717) is 23.9 Å². The molecule has 2 aromatic carbocycles. The molecule has 0 aromatic heterocycles. The van der Waals surface area contributed by atoms with Gasteiger partial charge in [-0.15, -0.1) is 0 Å². The van der Waals surface area contributed by atoms with Crippen LogP contribution < -0.4 is 15.4 Å². The lowest BCUT2D eigenvalue weighted by Gasteiger charge is -2.26. The summed E-state index contributed by atoms with van der Waals surface area (Å²) in [5.74, 6) is 1.51. The molecule has 164 valence electrons. The summed E-state index contributed by atoms with van der Waals surface area (Å²) in [5, 5.41) is 6.65. The minimum Gasteiger partial charge on any atom is -0.497 e. The number of aliphatic imine (C=N–C) groups is 1. The Morgan fingerprint density at radius 3 is 2.30 bits per heavy atom. The van der Waals surface area contributed by atoms with Gasteiger partial charge in [0.1, 0.15) is 5.75 Å². The molecule has 0 amide bonds. The van der Waals surface area contributed by atoms with Crippen LogP contribution in [0.5, 0.6) is 5.75 Å². The Morgan fingerprint density at radius 1 is 1.13 bits per heavy atom. The van der Waals surface area contributed by atoms with Crippen LogP contribution in [0.3, 0.4) is 0 Å². The Kier molecular flexibility index (Phi) is 8.25. The first-order valence-electron chi connectivity index (χ1n) is 9.70. The lowest BCUT2D eigenvalue weighted by Crippen LogP contribution is -2.41. The maximum atomic E-state index is 11.8. The van der Waals surface area contributed by atoms with Gasteiger partial charge >= 0.3 is 0 Å². The predicted molar refractivity (Wildman–Crippen MR) is 122 cm³/mol. The van der Waals surface area contributed by atoms with Crippen molar-refractivity contribution < 1.29 is 13.2 Å². The van der Waals surface area contributed by atoms with Crippen LogP contribution in [0.15, 0.2) is 52.4 Å². The Bertz CT molecular complexity index is 970. The number of benzene rings is 2. The number of sulfone groups is 1. The highest BCUT2D eigenvalue weighted by molar-refractivity contribution is 7.90. The first-order valence-corrected chi connectivity index (χ1v) is 11.6. The number of likely N-dealkylation sites (N-methyl/N-ethyl adjacent to an activating group) is 1. The van der Waals surface area contributed by atoms with E-state index in [1.54, 1.807) is 20.2 Å². The second kappa shape index (κ2) is 10.4. The van der Waals surface area contributed by atoms with Crippen molar-refractivity contribution in [2.45, 2.75) is 24.4 Å². The number of aryl methyl sites for hydroxylation is 1. The molecule has 2 N–H and O–H groups in total. The van der Waals surface area contributed by atoms with Crippen LogP contribution >= 0.6 is 0 Å². The van der Waals surface area contributed by atoms with Crippen molar-refractivity contribution in [3.8, 4) is 5.75 Å². The Hall–Kier alpha value is -2.58. The topological polar surface area (TPSA) is 83.0 Å². The smallest absolute Gasteiger partial charge is 0.191 e. The minimum absolute atomic E-state index is 0.158. The van der Waals surface area contributed by atoms with Gasteiger partial charge in [0.25, 0.3) is 0 Å². The fourth-order valence-electron chi connectivity index (χ4n) is 3.26. The number of nitrogens with one attached hydrogen (secondary N) is 2. The second-order valence-electron chi connectivity index (χ2n) is 7.43. The van der Waals surface area contributed by atoms with E-state index in [0.717, 1.165) is 16.9 Å². The van der Waals surface area contributed by atoms with Gasteiger partial charge in [-0.3, -0.25) is 4.99 Å². The van der Waals surface area contributed by atoms with Gasteiger partial charge in [-0.25, -0.2) is 8.42 Å². The van der Waals surface area contributed by atoms with E-state index in [9.17, 15) is 8.42 Å².